The van der Waals surface area contributed by atoms with E-state index >= 15 is 0 Å². The number of fused-ring (bicyclic) bond motifs is 1. The van der Waals surface area contributed by atoms with Crippen molar-refractivity contribution in [3.05, 3.63) is 41.6 Å². The third-order valence-electron chi connectivity index (χ3n) is 4.73. The molecule has 28 heavy (non-hydrogen) atoms. The summed E-state index contributed by atoms with van der Waals surface area (Å²) in [4.78, 5) is 21.7. The highest BCUT2D eigenvalue weighted by atomic mass is 35.5. The third-order valence-corrected chi connectivity index (χ3v) is 4.98. The molecule has 146 valence electrons. The molecule has 8 nitrogen and oxygen atoms in total. The lowest BCUT2D eigenvalue weighted by Gasteiger charge is -2.33. The molecule has 0 aliphatic carbocycles. The van der Waals surface area contributed by atoms with Gasteiger partial charge in [-0.15, -0.1) is 0 Å². The second kappa shape index (κ2) is 7.69. The molecule has 10 heteroatoms. The molecule has 0 spiro atoms. The van der Waals surface area contributed by atoms with Gasteiger partial charge >= 0.3 is 0 Å². The van der Waals surface area contributed by atoms with Crippen molar-refractivity contribution >= 4 is 28.8 Å². The van der Waals surface area contributed by atoms with Crippen LogP contribution in [0.5, 0.6) is 0 Å². The van der Waals surface area contributed by atoms with E-state index in [1.54, 1.807) is 21.8 Å². The lowest BCUT2D eigenvalue weighted by Crippen LogP contribution is -2.46. The van der Waals surface area contributed by atoms with Gasteiger partial charge in [0.1, 0.15) is 6.61 Å². The predicted molar refractivity (Wildman–Crippen MR) is 101 cm³/mol. The monoisotopic (exact) mass is 404 g/mol. The van der Waals surface area contributed by atoms with Gasteiger partial charge in [0.05, 0.1) is 17.3 Å². The molecule has 1 atom stereocenters. The van der Waals surface area contributed by atoms with Crippen LogP contribution in [0.4, 0.5) is 10.2 Å². The average Bonchev–Trinajstić information content (AvgIpc) is 3.15. The average molecular weight is 405 g/mol. The van der Waals surface area contributed by atoms with Crippen LogP contribution in [0.15, 0.2) is 30.6 Å². The van der Waals surface area contributed by atoms with Crippen LogP contribution in [0, 0.1) is 5.82 Å². The Labute approximate surface area is 165 Å². The lowest BCUT2D eigenvalue weighted by molar-refractivity contribution is -0.135. The Hall–Kier alpha value is -2.78. The maximum atomic E-state index is 14.6. The van der Waals surface area contributed by atoms with Gasteiger partial charge in [0.15, 0.2) is 16.8 Å². The first-order valence-corrected chi connectivity index (χ1v) is 9.25. The van der Waals surface area contributed by atoms with Gasteiger partial charge in [0, 0.05) is 25.3 Å². The summed E-state index contributed by atoms with van der Waals surface area (Å²) in [7, 11) is 0. The normalized spacial score (nSPS) is 17.1. The Morgan fingerprint density at radius 3 is 3.07 bits per heavy atom. The molecule has 4 rings (SSSR count). The zero-order valence-electron chi connectivity index (χ0n) is 14.8. The molecule has 0 bridgehead atoms. The summed E-state index contributed by atoms with van der Waals surface area (Å²) in [5.74, 6) is -0.852. The molecule has 1 fully saturated rings. The largest absolute Gasteiger partial charge is 0.387 e. The Kier molecular flexibility index (Phi) is 5.10. The first-order chi connectivity index (χ1) is 13.6. The Morgan fingerprint density at radius 1 is 1.39 bits per heavy atom. The van der Waals surface area contributed by atoms with E-state index in [1.807, 2.05) is 18.2 Å². The minimum atomic E-state index is -0.743. The van der Waals surface area contributed by atoms with Crippen molar-refractivity contribution in [2.75, 3.05) is 25.0 Å². The fourth-order valence-electron chi connectivity index (χ4n) is 3.36. The Bertz CT molecular complexity index is 1030. The van der Waals surface area contributed by atoms with Gasteiger partial charge in [0.2, 0.25) is 11.7 Å². The van der Waals surface area contributed by atoms with E-state index in [2.05, 4.69) is 20.4 Å². The van der Waals surface area contributed by atoms with E-state index in [0.717, 1.165) is 18.4 Å². The molecule has 0 aromatic carbocycles. The van der Waals surface area contributed by atoms with Gasteiger partial charge in [-0.3, -0.25) is 4.79 Å². The molecular weight excluding hydrogens is 387 g/mol. The highest BCUT2D eigenvalue weighted by molar-refractivity contribution is 6.29. The van der Waals surface area contributed by atoms with Crippen molar-refractivity contribution in [3.63, 3.8) is 0 Å². The summed E-state index contributed by atoms with van der Waals surface area (Å²) in [6.07, 6.45) is 4.87. The van der Waals surface area contributed by atoms with Crippen LogP contribution in [-0.2, 0) is 4.79 Å². The van der Waals surface area contributed by atoms with Gasteiger partial charge in [-0.2, -0.15) is 9.49 Å². The number of aliphatic hydroxyl groups excluding tert-OH is 1. The second-order valence-electron chi connectivity index (χ2n) is 6.57. The maximum absolute atomic E-state index is 14.6. The second-order valence-corrected chi connectivity index (χ2v) is 6.93. The van der Waals surface area contributed by atoms with Gasteiger partial charge in [-0.25, -0.2) is 14.5 Å². The van der Waals surface area contributed by atoms with Crippen molar-refractivity contribution in [2.45, 2.75) is 18.9 Å². The van der Waals surface area contributed by atoms with Gasteiger partial charge in [0.25, 0.3) is 0 Å². The number of halogens is 2. The smallest absolute Gasteiger partial charge is 0.248 e. The first-order valence-electron chi connectivity index (χ1n) is 8.87. The number of rotatable bonds is 4. The number of amides is 1. The van der Waals surface area contributed by atoms with Crippen LogP contribution in [0.3, 0.4) is 0 Å². The molecule has 4 heterocycles. The minimum Gasteiger partial charge on any atom is -0.387 e. The molecular formula is C18H18ClFN6O2. The fraction of sp³-hybridized carbons (Fsp3) is 0.333. The van der Waals surface area contributed by atoms with Crippen molar-refractivity contribution in [3.8, 4) is 11.4 Å². The van der Waals surface area contributed by atoms with Crippen molar-refractivity contribution < 1.29 is 14.3 Å². The highest BCUT2D eigenvalue weighted by Gasteiger charge is 2.25. The fourth-order valence-corrected chi connectivity index (χ4v) is 3.53. The molecule has 2 N–H and O–H groups in total. The number of nitrogens with zero attached hydrogens (tertiary/aromatic N) is 5. The SMILES string of the molecule is O=C(CO)N1CCCC(Nc2nc(-c3cnn4ccccc34)nc(Cl)c2F)C1. The van der Waals surface area contributed by atoms with E-state index in [4.69, 9.17) is 16.7 Å². The van der Waals surface area contributed by atoms with Crippen molar-refractivity contribution in [1.29, 1.82) is 0 Å². The molecule has 0 saturated carbocycles. The van der Waals surface area contributed by atoms with E-state index < -0.39 is 12.4 Å². The number of anilines is 1. The number of nitrogens with one attached hydrogen (secondary N) is 1. The molecule has 1 saturated heterocycles. The molecule has 3 aromatic heterocycles. The summed E-state index contributed by atoms with van der Waals surface area (Å²) in [5, 5.41) is 16.0. The van der Waals surface area contributed by atoms with Crippen LogP contribution >= 0.6 is 11.6 Å². The Morgan fingerprint density at radius 2 is 2.25 bits per heavy atom. The van der Waals surface area contributed by atoms with Crippen molar-refractivity contribution in [1.82, 2.24) is 24.5 Å². The highest BCUT2D eigenvalue weighted by Crippen LogP contribution is 2.28. The first kappa shape index (κ1) is 18.6. The molecule has 1 amide bonds. The van der Waals surface area contributed by atoms with E-state index in [1.165, 1.54) is 0 Å². The topological polar surface area (TPSA) is 95.7 Å². The summed E-state index contributed by atoms with van der Waals surface area (Å²) in [5.41, 5.74) is 1.40. The number of carbonyl (C=O) groups is 1. The number of piperidine rings is 1. The molecule has 1 unspecified atom stereocenters. The van der Waals surface area contributed by atoms with Crippen molar-refractivity contribution in [2.24, 2.45) is 0 Å². The van der Waals surface area contributed by atoms with Gasteiger partial charge in [-0.05, 0) is 25.0 Å². The molecule has 1 aliphatic rings. The molecule has 3 aromatic rings. The summed E-state index contributed by atoms with van der Waals surface area (Å²) in [6.45, 7) is 0.379. The maximum Gasteiger partial charge on any atom is 0.248 e. The van der Waals surface area contributed by atoms with Crippen LogP contribution in [0.1, 0.15) is 12.8 Å². The Balaban J connectivity index is 1.64. The van der Waals surface area contributed by atoms with E-state index in [0.29, 0.717) is 18.7 Å². The standard InChI is InChI=1S/C18H18ClFN6O2/c19-16-15(20)18(22-11-4-3-6-25(9-11)14(28)10-27)24-17(23-16)12-8-21-26-7-2-1-5-13(12)26/h1-2,5,7-8,11,27H,3-4,6,9-10H2,(H,22,23,24). The van der Waals surface area contributed by atoms with E-state index in [-0.39, 0.29) is 28.7 Å². The van der Waals surface area contributed by atoms with Crippen LogP contribution in [0.25, 0.3) is 16.9 Å². The predicted octanol–water partition coefficient (Wildman–Crippen LogP) is 1.98. The third kappa shape index (κ3) is 3.50. The summed E-state index contributed by atoms with van der Waals surface area (Å²) < 4.78 is 16.2. The zero-order valence-corrected chi connectivity index (χ0v) is 15.6. The molecule has 0 radical (unpaired) electrons. The molecule has 1 aliphatic heterocycles. The van der Waals surface area contributed by atoms with Crippen LogP contribution < -0.4 is 5.32 Å². The zero-order chi connectivity index (χ0) is 19.7. The van der Waals surface area contributed by atoms with Crippen LogP contribution in [-0.4, -0.2) is 61.2 Å². The summed E-state index contributed by atoms with van der Waals surface area (Å²) >= 11 is 6.02. The minimum absolute atomic E-state index is 0.0198. The number of likely N-dealkylation sites (tertiary alicyclic amines) is 1. The number of aromatic nitrogens is 4. The lowest BCUT2D eigenvalue weighted by atomic mass is 10.1. The number of carbonyl (C=O) groups excluding carboxylic acids is 1. The number of hydrogen-bond acceptors (Lipinski definition) is 6. The van der Waals surface area contributed by atoms with Crippen LogP contribution in [0.2, 0.25) is 5.15 Å². The van der Waals surface area contributed by atoms with Gasteiger partial charge < -0.3 is 15.3 Å². The quantitative estimate of drug-likeness (QED) is 0.645. The van der Waals surface area contributed by atoms with E-state index in [9.17, 15) is 9.18 Å². The van der Waals surface area contributed by atoms with Gasteiger partial charge in [-0.1, -0.05) is 17.7 Å². The number of pyridine rings is 1. The summed E-state index contributed by atoms with van der Waals surface area (Å²) in [6, 6.07) is 5.36. The number of hydrogen-bond donors (Lipinski definition) is 2. The number of aliphatic hydroxyl groups is 1.